The summed E-state index contributed by atoms with van der Waals surface area (Å²) in [6.07, 6.45) is 0. The second-order valence-corrected chi connectivity index (χ2v) is 6.67. The Morgan fingerprint density at radius 2 is 1.65 bits per heavy atom. The number of hydrazine groups is 1. The molecule has 9 heteroatoms. The Hall–Kier alpha value is -4.14. The van der Waals surface area contributed by atoms with Gasteiger partial charge in [0.1, 0.15) is 5.82 Å². The minimum absolute atomic E-state index is 0.193. The summed E-state index contributed by atoms with van der Waals surface area (Å²) in [4.78, 5) is 29.6. The van der Waals surface area contributed by atoms with Crippen molar-refractivity contribution in [3.63, 3.8) is 0 Å². The van der Waals surface area contributed by atoms with Gasteiger partial charge in [0.2, 0.25) is 0 Å². The van der Waals surface area contributed by atoms with Gasteiger partial charge in [-0.2, -0.15) is 0 Å². The second-order valence-electron chi connectivity index (χ2n) is 6.67. The molecule has 31 heavy (non-hydrogen) atoms. The molecule has 0 saturated heterocycles. The largest absolute Gasteiger partial charge is 0.295 e. The first-order valence-electron chi connectivity index (χ1n) is 9.15. The predicted octanol–water partition coefficient (Wildman–Crippen LogP) is 3.87. The number of amides is 1. The lowest BCUT2D eigenvalue weighted by Crippen LogP contribution is -2.30. The number of benzene rings is 3. The van der Waals surface area contributed by atoms with Gasteiger partial charge in [-0.1, -0.05) is 12.1 Å². The lowest BCUT2D eigenvalue weighted by Gasteiger charge is -2.12. The molecule has 0 spiro atoms. The number of carbonyl (C=O) groups is 1. The van der Waals surface area contributed by atoms with Crippen LogP contribution in [0.1, 0.15) is 16.2 Å². The Labute approximate surface area is 173 Å². The van der Waals surface area contributed by atoms with Crippen LogP contribution in [0.2, 0.25) is 0 Å². The number of fused-ring (bicyclic) bond motifs is 1. The fourth-order valence-electron chi connectivity index (χ4n) is 3.13. The first-order valence-corrected chi connectivity index (χ1v) is 9.15. The van der Waals surface area contributed by atoms with E-state index in [9.17, 15) is 22.8 Å². The number of hydrogen-bond donors (Lipinski definition) is 2. The molecular weight excluding hydrogens is 409 g/mol. The van der Waals surface area contributed by atoms with E-state index in [4.69, 9.17) is 0 Å². The van der Waals surface area contributed by atoms with Crippen LogP contribution in [-0.4, -0.2) is 15.5 Å². The molecular formula is C22H15F3N4O2. The third kappa shape index (κ3) is 3.73. The number of nitrogens with one attached hydrogen (secondary N) is 2. The Morgan fingerprint density at radius 3 is 2.39 bits per heavy atom. The van der Waals surface area contributed by atoms with Crippen LogP contribution in [0.3, 0.4) is 0 Å². The van der Waals surface area contributed by atoms with Crippen LogP contribution in [0.4, 0.5) is 18.9 Å². The van der Waals surface area contributed by atoms with Crippen LogP contribution in [0.5, 0.6) is 0 Å². The van der Waals surface area contributed by atoms with Gasteiger partial charge in [-0.3, -0.25) is 25.0 Å². The highest BCUT2D eigenvalue weighted by Crippen LogP contribution is 2.19. The number of aryl methyl sites for hydroxylation is 1. The first-order chi connectivity index (χ1) is 14.9. The molecule has 0 aliphatic heterocycles. The van der Waals surface area contributed by atoms with Crippen molar-refractivity contribution in [1.82, 2.24) is 15.0 Å². The molecule has 0 radical (unpaired) electrons. The SMILES string of the molecule is Cc1nc2ccccc2c(=O)n1-c1ccc(C(=O)NNc2ccc(F)c(F)c2F)cc1. The molecule has 0 fully saturated rings. The van der Waals surface area contributed by atoms with Crippen LogP contribution in [0.25, 0.3) is 16.6 Å². The topological polar surface area (TPSA) is 76.0 Å². The van der Waals surface area contributed by atoms with E-state index in [1.165, 1.54) is 16.7 Å². The fraction of sp³-hybridized carbons (Fsp3) is 0.0455. The molecule has 4 aromatic rings. The molecule has 1 heterocycles. The molecule has 0 unspecified atom stereocenters. The molecule has 4 rings (SSSR count). The summed E-state index contributed by atoms with van der Waals surface area (Å²) in [5.74, 6) is -4.59. The molecule has 3 aromatic carbocycles. The monoisotopic (exact) mass is 424 g/mol. The van der Waals surface area contributed by atoms with Crippen molar-refractivity contribution >= 4 is 22.5 Å². The van der Waals surface area contributed by atoms with Gasteiger partial charge in [0.15, 0.2) is 17.5 Å². The Bertz CT molecular complexity index is 1370. The smallest absolute Gasteiger partial charge is 0.269 e. The first kappa shape index (κ1) is 20.1. The van der Waals surface area contributed by atoms with Gasteiger partial charge in [0, 0.05) is 5.56 Å². The number of para-hydroxylation sites is 1. The molecule has 0 aliphatic rings. The summed E-state index contributed by atoms with van der Waals surface area (Å²) >= 11 is 0. The van der Waals surface area contributed by atoms with Crippen molar-refractivity contribution < 1.29 is 18.0 Å². The highest BCUT2D eigenvalue weighted by Gasteiger charge is 2.15. The summed E-state index contributed by atoms with van der Waals surface area (Å²) in [6, 6.07) is 14.8. The quantitative estimate of drug-likeness (QED) is 0.385. The fourth-order valence-corrected chi connectivity index (χ4v) is 3.13. The molecule has 6 nitrogen and oxygen atoms in total. The molecule has 2 N–H and O–H groups in total. The third-order valence-corrected chi connectivity index (χ3v) is 4.68. The molecule has 0 aliphatic carbocycles. The standard InChI is InChI=1S/C22H15F3N4O2/c1-12-26-17-5-3-2-4-15(17)22(31)29(12)14-8-6-13(7-9-14)21(30)28-27-18-11-10-16(23)19(24)20(18)25/h2-11,27H,1H3,(H,28,30). The number of carbonyl (C=O) groups excluding carboxylic acids is 1. The van der Waals surface area contributed by atoms with Gasteiger partial charge in [-0.05, 0) is 55.5 Å². The lowest BCUT2D eigenvalue weighted by molar-refractivity contribution is 0.0962. The van der Waals surface area contributed by atoms with Gasteiger partial charge >= 0.3 is 0 Å². The number of anilines is 1. The average Bonchev–Trinajstić information content (AvgIpc) is 2.77. The van der Waals surface area contributed by atoms with Crippen LogP contribution in [0, 0.1) is 24.4 Å². The minimum atomic E-state index is -1.64. The summed E-state index contributed by atoms with van der Waals surface area (Å²) in [6.45, 7) is 1.70. The van der Waals surface area contributed by atoms with Crippen molar-refractivity contribution in [2.75, 3.05) is 5.43 Å². The maximum absolute atomic E-state index is 13.7. The number of rotatable bonds is 4. The van der Waals surface area contributed by atoms with E-state index in [-0.39, 0.29) is 11.1 Å². The van der Waals surface area contributed by atoms with Crippen LogP contribution in [0.15, 0.2) is 65.5 Å². The number of nitrogens with zero attached hydrogens (tertiary/aromatic N) is 2. The normalized spacial score (nSPS) is 10.8. The minimum Gasteiger partial charge on any atom is -0.295 e. The third-order valence-electron chi connectivity index (χ3n) is 4.68. The van der Waals surface area contributed by atoms with E-state index in [2.05, 4.69) is 15.8 Å². The van der Waals surface area contributed by atoms with E-state index in [1.54, 1.807) is 43.3 Å². The van der Waals surface area contributed by atoms with Gasteiger partial charge in [-0.25, -0.2) is 18.2 Å². The Kier molecular flexibility index (Phi) is 5.16. The molecule has 0 atom stereocenters. The second kappa shape index (κ2) is 7.94. The molecule has 1 amide bonds. The maximum atomic E-state index is 13.7. The van der Waals surface area contributed by atoms with Crippen LogP contribution in [-0.2, 0) is 0 Å². The number of halogens is 3. The lowest BCUT2D eigenvalue weighted by atomic mass is 10.2. The van der Waals surface area contributed by atoms with E-state index in [1.807, 2.05) is 0 Å². The highest BCUT2D eigenvalue weighted by atomic mass is 19.2. The summed E-state index contributed by atoms with van der Waals surface area (Å²) < 4.78 is 41.4. The maximum Gasteiger partial charge on any atom is 0.269 e. The van der Waals surface area contributed by atoms with Gasteiger partial charge in [0.25, 0.3) is 11.5 Å². The van der Waals surface area contributed by atoms with Crippen LogP contribution >= 0.6 is 0 Å². The molecule has 156 valence electrons. The van der Waals surface area contributed by atoms with Crippen molar-refractivity contribution in [3.05, 3.63) is 99.9 Å². The van der Waals surface area contributed by atoms with E-state index < -0.39 is 29.0 Å². The summed E-state index contributed by atoms with van der Waals surface area (Å²) in [7, 11) is 0. The highest BCUT2D eigenvalue weighted by molar-refractivity contribution is 5.95. The summed E-state index contributed by atoms with van der Waals surface area (Å²) in [5, 5.41) is 0.465. The van der Waals surface area contributed by atoms with Gasteiger partial charge in [-0.15, -0.1) is 0 Å². The Balaban J connectivity index is 1.56. The van der Waals surface area contributed by atoms with Crippen molar-refractivity contribution in [1.29, 1.82) is 0 Å². The van der Waals surface area contributed by atoms with Crippen molar-refractivity contribution in [3.8, 4) is 5.69 Å². The molecule has 1 aromatic heterocycles. The zero-order valence-corrected chi connectivity index (χ0v) is 16.1. The van der Waals surface area contributed by atoms with E-state index >= 15 is 0 Å². The van der Waals surface area contributed by atoms with Gasteiger partial charge in [0.05, 0.1) is 22.3 Å². The molecule has 0 bridgehead atoms. The predicted molar refractivity (Wildman–Crippen MR) is 109 cm³/mol. The molecule has 0 saturated carbocycles. The van der Waals surface area contributed by atoms with E-state index in [0.717, 1.165) is 12.1 Å². The van der Waals surface area contributed by atoms with Crippen LogP contribution < -0.4 is 16.4 Å². The Morgan fingerprint density at radius 1 is 0.935 bits per heavy atom. The van der Waals surface area contributed by atoms with Crippen molar-refractivity contribution in [2.24, 2.45) is 0 Å². The number of hydrogen-bond acceptors (Lipinski definition) is 4. The zero-order chi connectivity index (χ0) is 22.1. The average molecular weight is 424 g/mol. The van der Waals surface area contributed by atoms with Gasteiger partial charge < -0.3 is 0 Å². The number of aromatic nitrogens is 2. The summed E-state index contributed by atoms with van der Waals surface area (Å²) in [5.41, 5.74) is 5.06. The van der Waals surface area contributed by atoms with E-state index in [0.29, 0.717) is 22.4 Å². The van der Waals surface area contributed by atoms with Crippen molar-refractivity contribution in [2.45, 2.75) is 6.92 Å². The zero-order valence-electron chi connectivity index (χ0n) is 16.1.